The first kappa shape index (κ1) is 14.1. The molecule has 1 aromatic rings. The van der Waals surface area contributed by atoms with Crippen molar-refractivity contribution >= 4 is 0 Å². The normalized spacial score (nSPS) is 18.5. The van der Waals surface area contributed by atoms with Gasteiger partial charge in [-0.2, -0.15) is 8.78 Å². The van der Waals surface area contributed by atoms with Crippen LogP contribution in [0.3, 0.4) is 0 Å². The topological polar surface area (TPSA) is 24.5 Å². The van der Waals surface area contributed by atoms with Crippen molar-refractivity contribution < 1.29 is 17.9 Å². The van der Waals surface area contributed by atoms with E-state index in [1.165, 1.54) is 6.07 Å². The molecular formula is C13H17F3N2O. The van der Waals surface area contributed by atoms with Gasteiger partial charge in [0.1, 0.15) is 12.4 Å². The summed E-state index contributed by atoms with van der Waals surface area (Å²) in [7, 11) is 0. The van der Waals surface area contributed by atoms with Crippen molar-refractivity contribution in [2.24, 2.45) is 0 Å². The summed E-state index contributed by atoms with van der Waals surface area (Å²) in [6.07, 6.45) is 0. The van der Waals surface area contributed by atoms with E-state index >= 15 is 0 Å². The highest BCUT2D eigenvalue weighted by Gasteiger charge is 2.25. The summed E-state index contributed by atoms with van der Waals surface area (Å²) in [5, 5.41) is 3.18. The predicted molar refractivity (Wildman–Crippen MR) is 66.2 cm³/mol. The quantitative estimate of drug-likeness (QED) is 0.891. The van der Waals surface area contributed by atoms with Crippen molar-refractivity contribution in [1.29, 1.82) is 0 Å². The van der Waals surface area contributed by atoms with Crippen LogP contribution in [-0.2, 0) is 0 Å². The molecule has 1 aromatic carbocycles. The summed E-state index contributed by atoms with van der Waals surface area (Å²) in [5.41, 5.74) is 0.479. The maximum Gasteiger partial charge on any atom is 0.387 e. The van der Waals surface area contributed by atoms with Crippen molar-refractivity contribution in [2.45, 2.75) is 12.7 Å². The smallest absolute Gasteiger partial charge is 0.387 e. The first-order chi connectivity index (χ1) is 9.22. The van der Waals surface area contributed by atoms with E-state index < -0.39 is 19.3 Å². The number of ether oxygens (including phenoxy) is 1. The van der Waals surface area contributed by atoms with Gasteiger partial charge in [0.05, 0.1) is 6.04 Å². The van der Waals surface area contributed by atoms with Gasteiger partial charge >= 0.3 is 6.61 Å². The molecule has 0 spiro atoms. The molecule has 19 heavy (non-hydrogen) atoms. The van der Waals surface area contributed by atoms with Crippen molar-refractivity contribution in [3.05, 3.63) is 29.8 Å². The van der Waals surface area contributed by atoms with Gasteiger partial charge in [-0.1, -0.05) is 18.2 Å². The molecule has 106 valence electrons. The molecule has 1 aliphatic rings. The third-order valence-electron chi connectivity index (χ3n) is 3.23. The molecule has 1 saturated heterocycles. The maximum absolute atomic E-state index is 13.3. The lowest BCUT2D eigenvalue weighted by Gasteiger charge is -2.34. The highest BCUT2D eigenvalue weighted by atomic mass is 19.3. The summed E-state index contributed by atoms with van der Waals surface area (Å²) in [5.74, 6) is 0.0543. The lowest BCUT2D eigenvalue weighted by Crippen LogP contribution is -2.45. The molecule has 6 heteroatoms. The summed E-state index contributed by atoms with van der Waals surface area (Å²) in [6, 6.07) is 5.88. The van der Waals surface area contributed by atoms with E-state index in [-0.39, 0.29) is 5.75 Å². The second-order valence-electron chi connectivity index (χ2n) is 4.37. The molecule has 0 bridgehead atoms. The number of para-hydroxylation sites is 1. The van der Waals surface area contributed by atoms with E-state index in [4.69, 9.17) is 0 Å². The van der Waals surface area contributed by atoms with Gasteiger partial charge in [-0.05, 0) is 6.07 Å². The first-order valence-corrected chi connectivity index (χ1v) is 6.27. The third-order valence-corrected chi connectivity index (χ3v) is 3.23. The highest BCUT2D eigenvalue weighted by molar-refractivity contribution is 5.36. The SMILES string of the molecule is FC[C@H](c1ccccc1OC(F)F)N1CCNCC1. The standard InChI is InChI=1S/C13H17F3N2O/c14-9-11(18-7-5-17-6-8-18)10-3-1-2-4-12(10)19-13(15)16/h1-4,11,13,17H,5-9H2/t11-/m1/s1. The molecule has 1 heterocycles. The van der Waals surface area contributed by atoms with Crippen LogP contribution in [0.4, 0.5) is 13.2 Å². The number of benzene rings is 1. The zero-order valence-electron chi connectivity index (χ0n) is 10.5. The van der Waals surface area contributed by atoms with E-state index in [2.05, 4.69) is 10.1 Å². The molecule has 2 rings (SSSR count). The number of nitrogens with zero attached hydrogens (tertiary/aromatic N) is 1. The monoisotopic (exact) mass is 274 g/mol. The van der Waals surface area contributed by atoms with Gasteiger partial charge in [-0.15, -0.1) is 0 Å². The fraction of sp³-hybridized carbons (Fsp3) is 0.538. The van der Waals surface area contributed by atoms with Crippen LogP contribution >= 0.6 is 0 Å². The Morgan fingerprint density at radius 1 is 1.21 bits per heavy atom. The third kappa shape index (κ3) is 3.61. The van der Waals surface area contributed by atoms with Crippen molar-refractivity contribution in [2.75, 3.05) is 32.9 Å². The minimum Gasteiger partial charge on any atom is -0.434 e. The molecule has 0 saturated carbocycles. The van der Waals surface area contributed by atoms with Crippen molar-refractivity contribution in [3.63, 3.8) is 0 Å². The molecule has 0 aromatic heterocycles. The molecule has 1 aliphatic heterocycles. The fourth-order valence-electron chi connectivity index (χ4n) is 2.33. The van der Waals surface area contributed by atoms with Gasteiger partial charge in [0.2, 0.25) is 0 Å². The van der Waals surface area contributed by atoms with Gasteiger partial charge in [-0.3, -0.25) is 4.90 Å². The van der Waals surface area contributed by atoms with Crippen LogP contribution < -0.4 is 10.1 Å². The van der Waals surface area contributed by atoms with E-state index in [9.17, 15) is 13.2 Å². The lowest BCUT2D eigenvalue weighted by atomic mass is 10.0. The van der Waals surface area contributed by atoms with Crippen LogP contribution in [0.2, 0.25) is 0 Å². The molecule has 3 nitrogen and oxygen atoms in total. The second kappa shape index (κ2) is 6.77. The van der Waals surface area contributed by atoms with E-state index in [0.717, 1.165) is 13.1 Å². The summed E-state index contributed by atoms with van der Waals surface area (Å²) < 4.78 is 42.6. The number of hydrogen-bond acceptors (Lipinski definition) is 3. The van der Waals surface area contributed by atoms with Crippen molar-refractivity contribution in [3.8, 4) is 5.75 Å². The maximum atomic E-state index is 13.3. The molecule has 0 amide bonds. The fourth-order valence-corrected chi connectivity index (χ4v) is 2.33. The number of halogens is 3. The Morgan fingerprint density at radius 3 is 2.53 bits per heavy atom. The van der Waals surface area contributed by atoms with Crippen LogP contribution in [-0.4, -0.2) is 44.4 Å². The molecule has 0 aliphatic carbocycles. The Hall–Kier alpha value is -1.27. The van der Waals surface area contributed by atoms with Gasteiger partial charge in [-0.25, -0.2) is 4.39 Å². The zero-order valence-corrected chi connectivity index (χ0v) is 10.5. The Bertz CT molecular complexity index is 397. The Morgan fingerprint density at radius 2 is 1.89 bits per heavy atom. The summed E-state index contributed by atoms with van der Waals surface area (Å²) in [4.78, 5) is 1.95. The average Bonchev–Trinajstić information content (AvgIpc) is 2.42. The molecule has 1 fully saturated rings. The largest absolute Gasteiger partial charge is 0.434 e. The van der Waals surface area contributed by atoms with Gasteiger partial charge in [0, 0.05) is 31.7 Å². The van der Waals surface area contributed by atoms with Crippen LogP contribution in [0.1, 0.15) is 11.6 Å². The van der Waals surface area contributed by atoms with E-state index in [1.807, 2.05) is 4.90 Å². The number of alkyl halides is 3. The molecule has 1 atom stereocenters. The van der Waals surface area contributed by atoms with Crippen LogP contribution in [0.15, 0.2) is 24.3 Å². The molecule has 0 radical (unpaired) electrons. The second-order valence-corrected chi connectivity index (χ2v) is 4.37. The Kier molecular flexibility index (Phi) is 5.04. The van der Waals surface area contributed by atoms with Crippen LogP contribution in [0, 0.1) is 0 Å². The minimum atomic E-state index is -2.90. The first-order valence-electron chi connectivity index (χ1n) is 6.27. The lowest BCUT2D eigenvalue weighted by molar-refractivity contribution is -0.0514. The Balaban J connectivity index is 2.21. The van der Waals surface area contributed by atoms with Crippen LogP contribution in [0.5, 0.6) is 5.75 Å². The summed E-state index contributed by atoms with van der Waals surface area (Å²) in [6.45, 7) is -0.592. The predicted octanol–water partition coefficient (Wildman–Crippen LogP) is 2.20. The highest BCUT2D eigenvalue weighted by Crippen LogP contribution is 2.31. The number of nitrogens with one attached hydrogen (secondary N) is 1. The molecular weight excluding hydrogens is 257 g/mol. The molecule has 0 unspecified atom stereocenters. The number of hydrogen-bond donors (Lipinski definition) is 1. The average molecular weight is 274 g/mol. The van der Waals surface area contributed by atoms with Gasteiger partial charge < -0.3 is 10.1 Å². The van der Waals surface area contributed by atoms with Crippen molar-refractivity contribution in [1.82, 2.24) is 10.2 Å². The minimum absolute atomic E-state index is 0.0543. The summed E-state index contributed by atoms with van der Waals surface area (Å²) >= 11 is 0. The van der Waals surface area contributed by atoms with E-state index in [1.54, 1.807) is 18.2 Å². The molecule has 1 N–H and O–H groups in total. The van der Waals surface area contributed by atoms with E-state index in [0.29, 0.717) is 18.7 Å². The van der Waals surface area contributed by atoms with Gasteiger partial charge in [0.25, 0.3) is 0 Å². The van der Waals surface area contributed by atoms with Crippen LogP contribution in [0.25, 0.3) is 0 Å². The van der Waals surface area contributed by atoms with Gasteiger partial charge in [0.15, 0.2) is 0 Å². The number of piperazine rings is 1. The zero-order chi connectivity index (χ0) is 13.7. The Labute approximate surface area is 110 Å². The number of rotatable bonds is 5.